The van der Waals surface area contributed by atoms with E-state index in [0.29, 0.717) is 18.1 Å². The summed E-state index contributed by atoms with van der Waals surface area (Å²) in [6, 6.07) is 14.8. The molecule has 0 aliphatic carbocycles. The molecular weight excluding hydrogens is 344 g/mol. The highest BCUT2D eigenvalue weighted by Gasteiger charge is 2.15. The standard InChI is InChI=1S/C21H26N2O4/c1-4-16-10-6-7-11-17(16)22-20(24)14-23(3)21(25)15-27-19-13-9-8-12-18(19)26-5-2/h6-13H,4-5,14-15H2,1-3H3,(H,22,24). The van der Waals surface area contributed by atoms with Crippen molar-refractivity contribution in [2.45, 2.75) is 20.3 Å². The monoisotopic (exact) mass is 370 g/mol. The molecule has 0 saturated heterocycles. The smallest absolute Gasteiger partial charge is 0.260 e. The highest BCUT2D eigenvalue weighted by atomic mass is 16.5. The first-order chi connectivity index (χ1) is 13.0. The number of likely N-dealkylation sites (N-methyl/N-ethyl adjacent to an activating group) is 1. The number of nitrogens with one attached hydrogen (secondary N) is 1. The summed E-state index contributed by atoms with van der Waals surface area (Å²) in [7, 11) is 1.57. The zero-order chi connectivity index (χ0) is 19.6. The third-order valence-electron chi connectivity index (χ3n) is 3.98. The molecule has 27 heavy (non-hydrogen) atoms. The number of rotatable bonds is 9. The molecule has 0 atom stereocenters. The fourth-order valence-corrected chi connectivity index (χ4v) is 2.54. The minimum Gasteiger partial charge on any atom is -0.490 e. The Morgan fingerprint density at radius 2 is 1.59 bits per heavy atom. The van der Waals surface area contributed by atoms with Crippen molar-refractivity contribution in [2.75, 3.05) is 32.1 Å². The number of anilines is 1. The van der Waals surface area contributed by atoms with E-state index in [4.69, 9.17) is 9.47 Å². The molecule has 0 saturated carbocycles. The normalized spacial score (nSPS) is 10.2. The Kier molecular flexibility index (Phi) is 7.67. The van der Waals surface area contributed by atoms with Crippen molar-refractivity contribution in [3.05, 3.63) is 54.1 Å². The molecular formula is C21H26N2O4. The van der Waals surface area contributed by atoms with Crippen molar-refractivity contribution in [3.8, 4) is 11.5 Å². The Balaban J connectivity index is 1.87. The van der Waals surface area contributed by atoms with Gasteiger partial charge in [-0.2, -0.15) is 0 Å². The van der Waals surface area contributed by atoms with Crippen LogP contribution in [0.2, 0.25) is 0 Å². The summed E-state index contributed by atoms with van der Waals surface area (Å²) in [5, 5.41) is 2.85. The molecule has 0 aliphatic heterocycles. The van der Waals surface area contributed by atoms with Crippen LogP contribution in [0.3, 0.4) is 0 Å². The van der Waals surface area contributed by atoms with Gasteiger partial charge in [0.1, 0.15) is 0 Å². The summed E-state index contributed by atoms with van der Waals surface area (Å²) in [4.78, 5) is 25.9. The highest BCUT2D eigenvalue weighted by molar-refractivity contribution is 5.95. The number of benzene rings is 2. The van der Waals surface area contributed by atoms with Crippen LogP contribution in [0.25, 0.3) is 0 Å². The number of nitrogens with zero attached hydrogens (tertiary/aromatic N) is 1. The first-order valence-electron chi connectivity index (χ1n) is 9.01. The van der Waals surface area contributed by atoms with Gasteiger partial charge in [-0.25, -0.2) is 0 Å². The van der Waals surface area contributed by atoms with Crippen LogP contribution >= 0.6 is 0 Å². The number of hydrogen-bond acceptors (Lipinski definition) is 4. The summed E-state index contributed by atoms with van der Waals surface area (Å²) in [6.45, 7) is 4.20. The predicted molar refractivity (Wildman–Crippen MR) is 105 cm³/mol. The molecule has 2 aromatic rings. The SMILES string of the molecule is CCOc1ccccc1OCC(=O)N(C)CC(=O)Nc1ccccc1CC. The van der Waals surface area contributed by atoms with Crippen molar-refractivity contribution in [1.29, 1.82) is 0 Å². The van der Waals surface area contributed by atoms with E-state index in [9.17, 15) is 9.59 Å². The zero-order valence-corrected chi connectivity index (χ0v) is 16.0. The Morgan fingerprint density at radius 3 is 2.26 bits per heavy atom. The lowest BCUT2D eigenvalue weighted by atomic mass is 10.1. The first kappa shape index (κ1) is 20.3. The molecule has 0 aromatic heterocycles. The van der Waals surface area contributed by atoms with Gasteiger partial charge in [0, 0.05) is 12.7 Å². The lowest BCUT2D eigenvalue weighted by Gasteiger charge is -2.18. The summed E-state index contributed by atoms with van der Waals surface area (Å²) < 4.78 is 11.0. The molecule has 0 radical (unpaired) electrons. The molecule has 6 nitrogen and oxygen atoms in total. The van der Waals surface area contributed by atoms with Gasteiger partial charge in [0.2, 0.25) is 5.91 Å². The van der Waals surface area contributed by atoms with Crippen molar-refractivity contribution >= 4 is 17.5 Å². The summed E-state index contributed by atoms with van der Waals surface area (Å²) >= 11 is 0. The maximum atomic E-state index is 12.3. The van der Waals surface area contributed by atoms with Gasteiger partial charge < -0.3 is 19.7 Å². The van der Waals surface area contributed by atoms with Gasteiger partial charge in [0.15, 0.2) is 18.1 Å². The van der Waals surface area contributed by atoms with E-state index in [1.807, 2.05) is 50.2 Å². The molecule has 2 amide bonds. The zero-order valence-electron chi connectivity index (χ0n) is 16.0. The first-order valence-corrected chi connectivity index (χ1v) is 9.01. The fourth-order valence-electron chi connectivity index (χ4n) is 2.54. The number of aryl methyl sites for hydroxylation is 1. The topological polar surface area (TPSA) is 67.9 Å². The van der Waals surface area contributed by atoms with Gasteiger partial charge in [-0.05, 0) is 37.1 Å². The second-order valence-electron chi connectivity index (χ2n) is 5.98. The van der Waals surface area contributed by atoms with E-state index < -0.39 is 0 Å². The molecule has 0 spiro atoms. The second kappa shape index (κ2) is 10.2. The largest absolute Gasteiger partial charge is 0.490 e. The lowest BCUT2D eigenvalue weighted by Crippen LogP contribution is -2.37. The molecule has 2 aromatic carbocycles. The summed E-state index contributed by atoms with van der Waals surface area (Å²) in [5.74, 6) is 0.550. The second-order valence-corrected chi connectivity index (χ2v) is 5.98. The summed E-state index contributed by atoms with van der Waals surface area (Å²) in [5.41, 5.74) is 1.82. The molecule has 6 heteroatoms. The van der Waals surface area contributed by atoms with E-state index in [1.165, 1.54) is 4.90 Å². The average Bonchev–Trinajstić information content (AvgIpc) is 2.67. The number of carbonyl (C=O) groups excluding carboxylic acids is 2. The number of para-hydroxylation sites is 3. The lowest BCUT2D eigenvalue weighted by molar-refractivity contribution is -0.135. The van der Waals surface area contributed by atoms with Crippen molar-refractivity contribution in [1.82, 2.24) is 4.90 Å². The van der Waals surface area contributed by atoms with Crippen LogP contribution in [0.1, 0.15) is 19.4 Å². The number of hydrogen-bond donors (Lipinski definition) is 1. The van der Waals surface area contributed by atoms with Crippen LogP contribution in [0.15, 0.2) is 48.5 Å². The average molecular weight is 370 g/mol. The van der Waals surface area contributed by atoms with Crippen LogP contribution < -0.4 is 14.8 Å². The van der Waals surface area contributed by atoms with Crippen LogP contribution in [0, 0.1) is 0 Å². The molecule has 0 aliphatic rings. The van der Waals surface area contributed by atoms with Crippen molar-refractivity contribution in [3.63, 3.8) is 0 Å². The quantitative estimate of drug-likeness (QED) is 0.736. The Labute approximate surface area is 160 Å². The van der Waals surface area contributed by atoms with E-state index in [-0.39, 0.29) is 25.0 Å². The van der Waals surface area contributed by atoms with Crippen LogP contribution in [-0.4, -0.2) is 43.5 Å². The van der Waals surface area contributed by atoms with Crippen molar-refractivity contribution < 1.29 is 19.1 Å². The van der Waals surface area contributed by atoms with Crippen LogP contribution in [0.5, 0.6) is 11.5 Å². The van der Waals surface area contributed by atoms with Gasteiger partial charge in [0.25, 0.3) is 5.91 Å². The van der Waals surface area contributed by atoms with Gasteiger partial charge in [-0.15, -0.1) is 0 Å². The van der Waals surface area contributed by atoms with Gasteiger partial charge in [-0.3, -0.25) is 9.59 Å². The van der Waals surface area contributed by atoms with E-state index in [0.717, 1.165) is 17.7 Å². The molecule has 0 heterocycles. The Hall–Kier alpha value is -3.02. The Bertz CT molecular complexity index is 776. The van der Waals surface area contributed by atoms with E-state index in [1.54, 1.807) is 19.2 Å². The van der Waals surface area contributed by atoms with Crippen molar-refractivity contribution in [2.24, 2.45) is 0 Å². The fraction of sp³-hybridized carbons (Fsp3) is 0.333. The van der Waals surface area contributed by atoms with Gasteiger partial charge in [-0.1, -0.05) is 37.3 Å². The predicted octanol–water partition coefficient (Wildman–Crippen LogP) is 3.12. The Morgan fingerprint density at radius 1 is 0.963 bits per heavy atom. The summed E-state index contributed by atoms with van der Waals surface area (Å²) in [6.07, 6.45) is 0.818. The number of ether oxygens (including phenoxy) is 2. The minimum atomic E-state index is -0.291. The van der Waals surface area contributed by atoms with E-state index in [2.05, 4.69) is 5.32 Å². The molecule has 2 rings (SSSR count). The highest BCUT2D eigenvalue weighted by Crippen LogP contribution is 2.26. The number of carbonyl (C=O) groups is 2. The maximum Gasteiger partial charge on any atom is 0.260 e. The maximum absolute atomic E-state index is 12.3. The molecule has 0 bridgehead atoms. The third-order valence-corrected chi connectivity index (χ3v) is 3.98. The van der Waals surface area contributed by atoms with E-state index >= 15 is 0 Å². The van der Waals surface area contributed by atoms with Crippen LogP contribution in [-0.2, 0) is 16.0 Å². The molecule has 1 N–H and O–H groups in total. The molecule has 0 unspecified atom stereocenters. The van der Waals surface area contributed by atoms with Gasteiger partial charge >= 0.3 is 0 Å². The van der Waals surface area contributed by atoms with Gasteiger partial charge in [0.05, 0.1) is 13.2 Å². The minimum absolute atomic E-state index is 0.0483. The molecule has 0 fully saturated rings. The number of amides is 2. The third kappa shape index (κ3) is 6.02. The van der Waals surface area contributed by atoms with Crippen LogP contribution in [0.4, 0.5) is 5.69 Å². The molecule has 144 valence electrons.